The SMILES string of the molecule is NC(=O)CS(=O)C1CNCC1O. The number of carbonyl (C=O) groups is 1. The van der Waals surface area contributed by atoms with Crippen molar-refractivity contribution >= 4 is 16.7 Å². The Hall–Kier alpha value is -0.460. The van der Waals surface area contributed by atoms with E-state index in [2.05, 4.69) is 5.32 Å². The first-order chi connectivity index (χ1) is 5.61. The first-order valence-electron chi connectivity index (χ1n) is 3.65. The van der Waals surface area contributed by atoms with E-state index >= 15 is 0 Å². The topological polar surface area (TPSA) is 92.4 Å². The molecule has 0 aliphatic carbocycles. The average Bonchev–Trinajstić information content (AvgIpc) is 2.33. The van der Waals surface area contributed by atoms with Gasteiger partial charge in [-0.15, -0.1) is 0 Å². The summed E-state index contributed by atoms with van der Waals surface area (Å²) in [5.74, 6) is -0.754. The Bertz CT molecular complexity index is 209. The fraction of sp³-hybridized carbons (Fsp3) is 0.833. The summed E-state index contributed by atoms with van der Waals surface area (Å²) in [6.45, 7) is 0.927. The van der Waals surface area contributed by atoms with Crippen molar-refractivity contribution in [2.75, 3.05) is 18.8 Å². The monoisotopic (exact) mass is 192 g/mol. The van der Waals surface area contributed by atoms with Crippen LogP contribution in [0.2, 0.25) is 0 Å². The fourth-order valence-corrected chi connectivity index (χ4v) is 2.40. The van der Waals surface area contributed by atoms with Gasteiger partial charge in [0.15, 0.2) is 0 Å². The number of aliphatic hydroxyl groups is 1. The Morgan fingerprint density at radius 3 is 2.75 bits per heavy atom. The Kier molecular flexibility index (Phi) is 3.19. The van der Waals surface area contributed by atoms with Crippen LogP contribution >= 0.6 is 0 Å². The average molecular weight is 192 g/mol. The van der Waals surface area contributed by atoms with Crippen LogP contribution < -0.4 is 11.1 Å². The minimum Gasteiger partial charge on any atom is -0.390 e. The van der Waals surface area contributed by atoms with Gasteiger partial charge in [-0.2, -0.15) is 0 Å². The lowest BCUT2D eigenvalue weighted by atomic mass is 10.3. The molecular formula is C6H12N2O3S. The van der Waals surface area contributed by atoms with Crippen LogP contribution in [0.15, 0.2) is 0 Å². The molecule has 0 aromatic carbocycles. The molecule has 70 valence electrons. The van der Waals surface area contributed by atoms with Crippen LogP contribution in [0.3, 0.4) is 0 Å². The van der Waals surface area contributed by atoms with E-state index in [-0.39, 0.29) is 11.0 Å². The molecule has 1 heterocycles. The summed E-state index contributed by atoms with van der Waals surface area (Å²) in [7, 11) is -1.34. The largest absolute Gasteiger partial charge is 0.390 e. The van der Waals surface area contributed by atoms with Crippen LogP contribution in [0.5, 0.6) is 0 Å². The molecule has 0 bridgehead atoms. The number of hydrogen-bond donors (Lipinski definition) is 3. The molecule has 1 aliphatic heterocycles. The van der Waals surface area contributed by atoms with E-state index in [1.807, 2.05) is 0 Å². The van der Waals surface area contributed by atoms with Crippen molar-refractivity contribution < 1.29 is 14.1 Å². The number of carbonyl (C=O) groups excluding carboxylic acids is 1. The molecule has 0 saturated carbocycles. The van der Waals surface area contributed by atoms with Gasteiger partial charge in [-0.25, -0.2) is 0 Å². The van der Waals surface area contributed by atoms with Crippen LogP contribution in [-0.4, -0.2) is 45.4 Å². The molecule has 0 spiro atoms. The molecule has 3 unspecified atom stereocenters. The maximum absolute atomic E-state index is 11.3. The summed E-state index contributed by atoms with van der Waals surface area (Å²) in [5, 5.41) is 11.8. The number of nitrogens with two attached hydrogens (primary N) is 1. The summed E-state index contributed by atoms with van der Waals surface area (Å²) < 4.78 is 11.3. The summed E-state index contributed by atoms with van der Waals surface area (Å²) in [4.78, 5) is 10.4. The van der Waals surface area contributed by atoms with Crippen molar-refractivity contribution in [3.05, 3.63) is 0 Å². The number of hydrogen-bond acceptors (Lipinski definition) is 4. The maximum atomic E-state index is 11.3. The van der Waals surface area contributed by atoms with Gasteiger partial charge in [-0.1, -0.05) is 0 Å². The van der Waals surface area contributed by atoms with Crippen molar-refractivity contribution in [3.63, 3.8) is 0 Å². The van der Waals surface area contributed by atoms with Crippen molar-refractivity contribution in [3.8, 4) is 0 Å². The number of primary amides is 1. The van der Waals surface area contributed by atoms with E-state index in [0.29, 0.717) is 13.1 Å². The summed E-state index contributed by atoms with van der Waals surface area (Å²) >= 11 is 0. The van der Waals surface area contributed by atoms with Crippen molar-refractivity contribution in [2.24, 2.45) is 5.73 Å². The molecule has 1 amide bonds. The van der Waals surface area contributed by atoms with Gasteiger partial charge in [0.1, 0.15) is 5.75 Å². The van der Waals surface area contributed by atoms with E-state index in [9.17, 15) is 14.1 Å². The highest BCUT2D eigenvalue weighted by atomic mass is 32.2. The molecule has 6 heteroatoms. The molecule has 5 nitrogen and oxygen atoms in total. The Morgan fingerprint density at radius 1 is 1.67 bits per heavy atom. The van der Waals surface area contributed by atoms with Crippen LogP contribution in [-0.2, 0) is 15.6 Å². The van der Waals surface area contributed by atoms with Gasteiger partial charge in [0.05, 0.1) is 11.4 Å². The van der Waals surface area contributed by atoms with Crippen molar-refractivity contribution in [1.82, 2.24) is 5.32 Å². The minimum atomic E-state index is -1.34. The highest BCUT2D eigenvalue weighted by molar-refractivity contribution is 7.86. The number of β-amino-alcohol motifs (C(OH)–C–C–N with tert-alkyl or cyclic N) is 1. The van der Waals surface area contributed by atoms with Gasteiger partial charge in [0.25, 0.3) is 0 Å². The lowest BCUT2D eigenvalue weighted by Crippen LogP contribution is -2.33. The molecule has 1 aliphatic rings. The predicted octanol–water partition coefficient (Wildman–Crippen LogP) is -2.45. The minimum absolute atomic E-state index is 0.163. The van der Waals surface area contributed by atoms with E-state index < -0.39 is 22.8 Å². The smallest absolute Gasteiger partial charge is 0.230 e. The second kappa shape index (κ2) is 3.97. The third kappa shape index (κ3) is 2.26. The Balaban J connectivity index is 2.46. The molecular weight excluding hydrogens is 180 g/mol. The molecule has 1 saturated heterocycles. The van der Waals surface area contributed by atoms with Gasteiger partial charge in [0, 0.05) is 23.9 Å². The number of nitrogens with one attached hydrogen (secondary N) is 1. The van der Waals surface area contributed by atoms with Gasteiger partial charge in [-0.05, 0) is 0 Å². The Labute approximate surface area is 72.8 Å². The van der Waals surface area contributed by atoms with Crippen LogP contribution in [0.25, 0.3) is 0 Å². The molecule has 0 aromatic heterocycles. The molecule has 0 aromatic rings. The van der Waals surface area contributed by atoms with Crippen LogP contribution in [0.4, 0.5) is 0 Å². The van der Waals surface area contributed by atoms with Crippen molar-refractivity contribution in [2.45, 2.75) is 11.4 Å². The van der Waals surface area contributed by atoms with Crippen LogP contribution in [0, 0.1) is 0 Å². The third-order valence-corrected chi connectivity index (χ3v) is 3.48. The molecule has 4 N–H and O–H groups in total. The third-order valence-electron chi connectivity index (χ3n) is 1.75. The molecule has 1 rings (SSSR count). The molecule has 1 fully saturated rings. The van der Waals surface area contributed by atoms with Crippen LogP contribution in [0.1, 0.15) is 0 Å². The second-order valence-corrected chi connectivity index (χ2v) is 4.41. The Morgan fingerprint density at radius 2 is 2.33 bits per heavy atom. The van der Waals surface area contributed by atoms with E-state index in [1.165, 1.54) is 0 Å². The molecule has 0 radical (unpaired) electrons. The quantitative estimate of drug-likeness (QED) is 0.463. The van der Waals surface area contributed by atoms with Gasteiger partial charge in [0.2, 0.25) is 5.91 Å². The zero-order valence-corrected chi connectivity index (χ0v) is 7.34. The first kappa shape index (κ1) is 9.63. The predicted molar refractivity (Wildman–Crippen MR) is 44.9 cm³/mol. The summed E-state index contributed by atoms with van der Waals surface area (Å²) in [6, 6.07) is 0. The van der Waals surface area contributed by atoms with Gasteiger partial charge >= 0.3 is 0 Å². The van der Waals surface area contributed by atoms with E-state index in [1.54, 1.807) is 0 Å². The fourth-order valence-electron chi connectivity index (χ4n) is 1.16. The lowest BCUT2D eigenvalue weighted by molar-refractivity contribution is -0.115. The van der Waals surface area contributed by atoms with Gasteiger partial charge in [-0.3, -0.25) is 9.00 Å². The van der Waals surface area contributed by atoms with E-state index in [4.69, 9.17) is 5.73 Å². The molecule has 12 heavy (non-hydrogen) atoms. The zero-order chi connectivity index (χ0) is 9.14. The molecule has 3 atom stereocenters. The second-order valence-electron chi connectivity index (χ2n) is 2.76. The number of aliphatic hydroxyl groups excluding tert-OH is 1. The number of rotatable bonds is 3. The first-order valence-corrected chi connectivity index (χ1v) is 5.03. The van der Waals surface area contributed by atoms with E-state index in [0.717, 1.165) is 0 Å². The maximum Gasteiger partial charge on any atom is 0.230 e. The summed E-state index contributed by atoms with van der Waals surface area (Å²) in [5.41, 5.74) is 4.87. The zero-order valence-electron chi connectivity index (χ0n) is 6.53. The normalized spacial score (nSPS) is 31.8. The van der Waals surface area contributed by atoms with Gasteiger partial charge < -0.3 is 16.2 Å². The highest BCUT2D eigenvalue weighted by Gasteiger charge is 2.30. The lowest BCUT2D eigenvalue weighted by Gasteiger charge is -2.10. The van der Waals surface area contributed by atoms with Crippen molar-refractivity contribution in [1.29, 1.82) is 0 Å². The summed E-state index contributed by atoms with van der Waals surface area (Å²) in [6.07, 6.45) is -0.620. The number of amides is 1. The standard InChI is InChI=1S/C6H12N2O3S/c7-6(10)3-12(11)5-2-8-1-4(5)9/h4-5,8-9H,1-3H2,(H2,7,10). The highest BCUT2D eigenvalue weighted by Crippen LogP contribution is 2.07.